The van der Waals surface area contributed by atoms with E-state index in [-0.39, 0.29) is 31.4 Å². The van der Waals surface area contributed by atoms with Gasteiger partial charge in [0, 0.05) is 11.8 Å². The molecular weight excluding hydrogens is 418 g/mol. The summed E-state index contributed by atoms with van der Waals surface area (Å²) in [6.45, 7) is 1.92. The zero-order valence-corrected chi connectivity index (χ0v) is 17.7. The van der Waals surface area contributed by atoms with Crippen LogP contribution in [0.15, 0.2) is 85.2 Å². The maximum Gasteiger partial charge on any atom is 0.363 e. The normalized spacial score (nSPS) is 9.84. The van der Waals surface area contributed by atoms with Crippen molar-refractivity contribution >= 4 is 23.5 Å². The van der Waals surface area contributed by atoms with Crippen LogP contribution in [0.1, 0.15) is 27.6 Å². The molecule has 0 aliphatic carbocycles. The second kappa shape index (κ2) is 11.5. The molecule has 160 valence electrons. The number of nitrogens with one attached hydrogen (secondary N) is 1. The lowest BCUT2D eigenvalue weighted by Gasteiger charge is -2.19. The largest absolute Gasteiger partial charge is 1.00 e. The van der Waals surface area contributed by atoms with Crippen molar-refractivity contribution in [3.63, 3.8) is 0 Å². The zero-order chi connectivity index (χ0) is 21.3. The third-order valence-electron chi connectivity index (χ3n) is 4.21. The van der Waals surface area contributed by atoms with Gasteiger partial charge in [-0.3, -0.25) is 9.59 Å². The summed E-state index contributed by atoms with van der Waals surface area (Å²) < 4.78 is 1.60. The number of pyridine rings is 1. The van der Waals surface area contributed by atoms with Gasteiger partial charge in [0.2, 0.25) is 6.54 Å². The van der Waals surface area contributed by atoms with E-state index in [2.05, 4.69) is 5.32 Å². The molecule has 0 radical (unpaired) electrons. The van der Waals surface area contributed by atoms with Crippen LogP contribution < -0.4 is 22.3 Å². The van der Waals surface area contributed by atoms with Gasteiger partial charge in [0.15, 0.2) is 12.4 Å². The highest BCUT2D eigenvalue weighted by Crippen LogP contribution is 2.08. The molecule has 0 aliphatic heterocycles. The Labute approximate surface area is 186 Å². The van der Waals surface area contributed by atoms with E-state index >= 15 is 0 Å². The van der Waals surface area contributed by atoms with Gasteiger partial charge in [0.25, 0.3) is 11.8 Å². The van der Waals surface area contributed by atoms with Crippen LogP contribution in [0.2, 0.25) is 0 Å². The monoisotopic (exact) mass is 439 g/mol. The number of amides is 2. The van der Waals surface area contributed by atoms with Gasteiger partial charge >= 0.3 is 5.97 Å². The fraction of sp³-hybridized carbons (Fsp3) is 0.130. The number of carbonyl (C=O) groups is 3. The Morgan fingerprint density at radius 3 is 2.16 bits per heavy atom. The number of rotatable bonds is 6. The van der Waals surface area contributed by atoms with Gasteiger partial charge in [0.05, 0.1) is 12.1 Å². The number of anilines is 1. The van der Waals surface area contributed by atoms with Gasteiger partial charge in [-0.15, -0.1) is 0 Å². The van der Waals surface area contributed by atoms with Crippen LogP contribution in [0.4, 0.5) is 5.69 Å². The van der Waals surface area contributed by atoms with Crippen LogP contribution in [0.3, 0.4) is 0 Å². The summed E-state index contributed by atoms with van der Waals surface area (Å²) in [6.07, 6.45) is 3.24. The molecule has 3 rings (SSSR count). The lowest BCUT2D eigenvalue weighted by molar-refractivity contribution is -0.684. The topological polar surface area (TPSA) is 79.6 Å². The summed E-state index contributed by atoms with van der Waals surface area (Å²) >= 11 is 0. The molecule has 0 saturated heterocycles. The molecule has 7 nitrogen and oxygen atoms in total. The summed E-state index contributed by atoms with van der Waals surface area (Å²) in [4.78, 5) is 42.6. The summed E-state index contributed by atoms with van der Waals surface area (Å²) in [6, 6.07) is 20.8. The average molecular weight is 440 g/mol. The molecule has 0 aliphatic rings. The molecule has 0 atom stereocenters. The Morgan fingerprint density at radius 2 is 1.52 bits per heavy atom. The molecular formula is C23H22ClN3O4. The molecule has 0 spiro atoms. The van der Waals surface area contributed by atoms with Crippen LogP contribution in [0, 0.1) is 0 Å². The van der Waals surface area contributed by atoms with Gasteiger partial charge < -0.3 is 22.6 Å². The van der Waals surface area contributed by atoms with Crippen LogP contribution in [0.5, 0.6) is 0 Å². The van der Waals surface area contributed by atoms with E-state index in [1.54, 1.807) is 78.5 Å². The van der Waals surface area contributed by atoms with Gasteiger partial charge in [-0.1, -0.05) is 36.4 Å². The Morgan fingerprint density at radius 1 is 0.903 bits per heavy atom. The van der Waals surface area contributed by atoms with Crippen molar-refractivity contribution in [2.45, 2.75) is 13.5 Å². The fourth-order valence-electron chi connectivity index (χ4n) is 2.76. The molecule has 1 aromatic heterocycles. The van der Waals surface area contributed by atoms with Crippen molar-refractivity contribution in [1.82, 2.24) is 5.06 Å². The van der Waals surface area contributed by atoms with Crippen LogP contribution >= 0.6 is 0 Å². The van der Waals surface area contributed by atoms with Crippen LogP contribution in [-0.4, -0.2) is 29.4 Å². The zero-order valence-electron chi connectivity index (χ0n) is 16.9. The van der Waals surface area contributed by atoms with E-state index in [4.69, 9.17) is 4.84 Å². The number of benzene rings is 2. The summed E-state index contributed by atoms with van der Waals surface area (Å²) in [5.41, 5.74) is 1.34. The smallest absolute Gasteiger partial charge is 0.363 e. The third-order valence-corrected chi connectivity index (χ3v) is 4.21. The Bertz CT molecular complexity index is 1030. The van der Waals surface area contributed by atoms with E-state index in [0.29, 0.717) is 16.8 Å². The van der Waals surface area contributed by atoms with E-state index in [1.165, 1.54) is 0 Å². The maximum absolute atomic E-state index is 12.8. The van der Waals surface area contributed by atoms with Gasteiger partial charge in [-0.25, -0.2) is 4.79 Å². The predicted octanol–water partition coefficient (Wildman–Crippen LogP) is -0.149. The molecule has 0 fully saturated rings. The van der Waals surface area contributed by atoms with Gasteiger partial charge in [-0.05, 0) is 37.3 Å². The van der Waals surface area contributed by atoms with Crippen molar-refractivity contribution < 1.29 is 36.2 Å². The maximum atomic E-state index is 12.8. The molecule has 31 heavy (non-hydrogen) atoms. The van der Waals surface area contributed by atoms with Crippen molar-refractivity contribution in [3.05, 3.63) is 96.3 Å². The lowest BCUT2D eigenvalue weighted by atomic mass is 10.2. The van der Waals surface area contributed by atoms with Crippen molar-refractivity contribution in [3.8, 4) is 0 Å². The highest BCUT2D eigenvalue weighted by molar-refractivity contribution is 5.95. The SMILES string of the molecule is CCN(OC(=O)c1ccccc1)C(=O)c1ccc[n+](CC(=O)Nc2ccccc2)c1.[Cl-]. The molecule has 8 heteroatoms. The van der Waals surface area contributed by atoms with Crippen molar-refractivity contribution in [2.24, 2.45) is 0 Å². The van der Waals surface area contributed by atoms with Gasteiger partial charge in [-0.2, -0.15) is 9.63 Å². The minimum Gasteiger partial charge on any atom is -1.00 e. The number of halogens is 1. The fourth-order valence-corrected chi connectivity index (χ4v) is 2.76. The molecule has 0 saturated carbocycles. The first kappa shape index (κ1) is 23.6. The summed E-state index contributed by atoms with van der Waals surface area (Å²) in [5, 5.41) is 3.79. The first-order valence-corrected chi connectivity index (χ1v) is 9.50. The molecule has 0 bridgehead atoms. The Kier molecular flexibility index (Phi) is 8.72. The predicted molar refractivity (Wildman–Crippen MR) is 110 cm³/mol. The second-order valence-electron chi connectivity index (χ2n) is 6.42. The van der Waals surface area contributed by atoms with Crippen molar-refractivity contribution in [1.29, 1.82) is 0 Å². The molecule has 2 aromatic carbocycles. The number of hydrogen-bond donors (Lipinski definition) is 1. The van der Waals surface area contributed by atoms with Gasteiger partial charge in [0.1, 0.15) is 5.56 Å². The number of hydrogen-bond acceptors (Lipinski definition) is 4. The molecule has 1 heterocycles. The minimum atomic E-state index is -0.614. The highest BCUT2D eigenvalue weighted by Gasteiger charge is 2.22. The number of aromatic nitrogens is 1. The highest BCUT2D eigenvalue weighted by atomic mass is 35.5. The van der Waals surface area contributed by atoms with E-state index in [0.717, 1.165) is 5.06 Å². The number of hydroxylamine groups is 2. The average Bonchev–Trinajstić information content (AvgIpc) is 2.78. The molecule has 3 aromatic rings. The third kappa shape index (κ3) is 6.65. The standard InChI is InChI=1S/C23H21N3O4.ClH/c1-2-26(30-23(29)18-10-5-3-6-11-18)22(28)19-12-9-15-25(16-19)17-21(27)24-20-13-7-4-8-14-20;/h3-16H,2,17H2,1H3;1H. The molecule has 1 N–H and O–H groups in total. The number of para-hydroxylation sites is 1. The Balaban J connectivity index is 0.00000341. The van der Waals surface area contributed by atoms with E-state index < -0.39 is 11.9 Å². The minimum absolute atomic E-state index is 0. The first-order valence-electron chi connectivity index (χ1n) is 9.50. The second-order valence-corrected chi connectivity index (χ2v) is 6.42. The van der Waals surface area contributed by atoms with E-state index in [1.807, 2.05) is 18.2 Å². The first-order chi connectivity index (χ1) is 14.6. The molecule has 2 amide bonds. The van der Waals surface area contributed by atoms with Crippen LogP contribution in [0.25, 0.3) is 0 Å². The number of carbonyl (C=O) groups excluding carboxylic acids is 3. The summed E-state index contributed by atoms with van der Waals surface area (Å²) in [5.74, 6) is -1.31. The summed E-state index contributed by atoms with van der Waals surface area (Å²) in [7, 11) is 0. The van der Waals surface area contributed by atoms with Crippen LogP contribution in [-0.2, 0) is 16.2 Å². The Hall–Kier alpha value is -3.71. The van der Waals surface area contributed by atoms with E-state index in [9.17, 15) is 14.4 Å². The molecule has 0 unspecified atom stereocenters. The quantitative estimate of drug-likeness (QED) is 0.428. The lowest BCUT2D eigenvalue weighted by Crippen LogP contribution is -3.00. The number of nitrogens with zero attached hydrogens (tertiary/aromatic N) is 2. The van der Waals surface area contributed by atoms with Crippen molar-refractivity contribution in [2.75, 3.05) is 11.9 Å².